The zero-order valence-corrected chi connectivity index (χ0v) is 7.03. The number of nitrogens with zero attached hydrogens (tertiary/aromatic N) is 2. The number of aryl methyl sites for hydroxylation is 1. The molecule has 0 spiro atoms. The van der Waals surface area contributed by atoms with Crippen LogP contribution in [0, 0.1) is 11.3 Å². The average Bonchev–Trinajstić information content (AvgIpc) is 2.16. The molecular weight excluding hydrogens is 164 g/mol. The fraction of sp³-hybridized carbons (Fsp3) is 0.200. The molecule has 3 nitrogen and oxygen atoms in total. The molecule has 0 fully saturated rings. The molecular formula is C10H8N2O. The van der Waals surface area contributed by atoms with Gasteiger partial charge in [0.2, 0.25) is 6.08 Å². The Balaban J connectivity index is 2.80. The molecule has 0 aromatic heterocycles. The van der Waals surface area contributed by atoms with Crippen LogP contribution in [0.1, 0.15) is 12.0 Å². The van der Waals surface area contributed by atoms with E-state index in [1.807, 2.05) is 12.1 Å². The second-order valence-electron chi connectivity index (χ2n) is 2.53. The van der Waals surface area contributed by atoms with Crippen molar-refractivity contribution < 1.29 is 4.79 Å². The van der Waals surface area contributed by atoms with Crippen molar-refractivity contribution in [2.75, 3.05) is 0 Å². The van der Waals surface area contributed by atoms with Crippen LogP contribution in [0.5, 0.6) is 0 Å². The first-order chi connectivity index (χ1) is 6.36. The van der Waals surface area contributed by atoms with Crippen molar-refractivity contribution >= 4 is 11.8 Å². The lowest BCUT2D eigenvalue weighted by Gasteiger charge is -1.96. The maximum absolute atomic E-state index is 9.96. The SMILES string of the molecule is N#CCCc1cccc(N=C=O)c1. The number of aliphatic imine (C=N–C) groups is 1. The Morgan fingerprint density at radius 1 is 1.46 bits per heavy atom. The predicted octanol–water partition coefficient (Wildman–Crippen LogP) is 2.11. The van der Waals surface area contributed by atoms with Gasteiger partial charge in [-0.2, -0.15) is 10.3 Å². The zero-order valence-electron chi connectivity index (χ0n) is 7.03. The fourth-order valence-corrected chi connectivity index (χ4v) is 1.03. The minimum Gasteiger partial charge on any atom is -0.211 e. The molecule has 0 saturated heterocycles. The number of carbonyl (C=O) groups excluding carboxylic acids is 1. The van der Waals surface area contributed by atoms with E-state index in [2.05, 4.69) is 11.1 Å². The molecule has 3 heteroatoms. The number of rotatable bonds is 3. The van der Waals surface area contributed by atoms with Crippen LogP contribution >= 0.6 is 0 Å². The van der Waals surface area contributed by atoms with Crippen molar-refractivity contribution in [1.82, 2.24) is 0 Å². The number of hydrogen-bond donors (Lipinski definition) is 0. The predicted molar refractivity (Wildman–Crippen MR) is 48.2 cm³/mol. The van der Waals surface area contributed by atoms with Crippen molar-refractivity contribution in [3.63, 3.8) is 0 Å². The van der Waals surface area contributed by atoms with Gasteiger partial charge in [-0.3, -0.25) is 0 Å². The van der Waals surface area contributed by atoms with Gasteiger partial charge in [-0.05, 0) is 24.1 Å². The third-order valence-electron chi connectivity index (χ3n) is 1.61. The summed E-state index contributed by atoms with van der Waals surface area (Å²) in [5, 5.41) is 8.36. The third-order valence-corrected chi connectivity index (χ3v) is 1.61. The van der Waals surface area contributed by atoms with E-state index in [-0.39, 0.29) is 0 Å². The van der Waals surface area contributed by atoms with Gasteiger partial charge in [-0.15, -0.1) is 0 Å². The summed E-state index contributed by atoms with van der Waals surface area (Å²) in [6, 6.07) is 9.28. The van der Waals surface area contributed by atoms with E-state index in [4.69, 9.17) is 5.26 Å². The lowest BCUT2D eigenvalue weighted by Crippen LogP contribution is -1.81. The van der Waals surface area contributed by atoms with Gasteiger partial charge in [0.05, 0.1) is 11.8 Å². The molecule has 0 bridgehead atoms. The molecule has 0 N–H and O–H groups in total. The highest BCUT2D eigenvalue weighted by molar-refractivity contribution is 5.49. The quantitative estimate of drug-likeness (QED) is 0.518. The fourth-order valence-electron chi connectivity index (χ4n) is 1.03. The molecule has 1 aromatic carbocycles. The van der Waals surface area contributed by atoms with Crippen LogP contribution in [-0.2, 0) is 11.2 Å². The minimum absolute atomic E-state index is 0.480. The highest BCUT2D eigenvalue weighted by Gasteiger charge is 1.93. The molecule has 0 unspecified atom stereocenters. The topological polar surface area (TPSA) is 53.2 Å². The van der Waals surface area contributed by atoms with Crippen LogP contribution in [0.15, 0.2) is 29.3 Å². The van der Waals surface area contributed by atoms with Gasteiger partial charge in [0.15, 0.2) is 0 Å². The highest BCUT2D eigenvalue weighted by atomic mass is 16.1. The van der Waals surface area contributed by atoms with Crippen LogP contribution in [-0.4, -0.2) is 6.08 Å². The first kappa shape index (κ1) is 9.18. The minimum atomic E-state index is 0.480. The van der Waals surface area contributed by atoms with Crippen LogP contribution in [0.25, 0.3) is 0 Å². The van der Waals surface area contributed by atoms with Gasteiger partial charge in [0.25, 0.3) is 0 Å². The Morgan fingerprint density at radius 2 is 2.31 bits per heavy atom. The van der Waals surface area contributed by atoms with Gasteiger partial charge in [0, 0.05) is 6.42 Å². The Hall–Kier alpha value is -1.91. The molecule has 0 aliphatic carbocycles. The van der Waals surface area contributed by atoms with Crippen LogP contribution in [0.2, 0.25) is 0 Å². The molecule has 0 amide bonds. The standard InChI is InChI=1S/C10H8N2O/c11-6-2-4-9-3-1-5-10(7-9)12-8-13/h1,3,5,7H,2,4H2. The first-order valence-electron chi connectivity index (χ1n) is 3.90. The summed E-state index contributed by atoms with van der Waals surface area (Å²) in [5.41, 5.74) is 1.60. The van der Waals surface area contributed by atoms with Gasteiger partial charge in [-0.1, -0.05) is 12.1 Å². The first-order valence-corrected chi connectivity index (χ1v) is 3.90. The highest BCUT2D eigenvalue weighted by Crippen LogP contribution is 2.14. The average molecular weight is 172 g/mol. The maximum atomic E-state index is 9.96. The summed E-state index contributed by atoms with van der Waals surface area (Å²) in [4.78, 5) is 13.4. The van der Waals surface area contributed by atoms with E-state index < -0.39 is 0 Å². The molecule has 1 aromatic rings. The molecule has 0 heterocycles. The Labute approximate surface area is 76.3 Å². The van der Waals surface area contributed by atoms with Crippen LogP contribution in [0.3, 0.4) is 0 Å². The van der Waals surface area contributed by atoms with Crippen LogP contribution < -0.4 is 0 Å². The van der Waals surface area contributed by atoms with Crippen molar-refractivity contribution in [3.8, 4) is 6.07 Å². The second-order valence-corrected chi connectivity index (χ2v) is 2.53. The molecule has 0 aliphatic rings. The van der Waals surface area contributed by atoms with E-state index in [0.717, 1.165) is 5.56 Å². The monoisotopic (exact) mass is 172 g/mol. The van der Waals surface area contributed by atoms with Gasteiger partial charge in [-0.25, -0.2) is 4.79 Å². The normalized spacial score (nSPS) is 8.54. The molecule has 0 atom stereocenters. The third kappa shape index (κ3) is 2.90. The summed E-state index contributed by atoms with van der Waals surface area (Å²) < 4.78 is 0. The largest absolute Gasteiger partial charge is 0.240 e. The van der Waals surface area contributed by atoms with E-state index in [1.54, 1.807) is 12.1 Å². The van der Waals surface area contributed by atoms with E-state index >= 15 is 0 Å². The smallest absolute Gasteiger partial charge is 0.211 e. The Bertz CT molecular complexity index is 373. The molecule has 0 radical (unpaired) electrons. The summed E-state index contributed by atoms with van der Waals surface area (Å²) in [5.74, 6) is 0. The summed E-state index contributed by atoms with van der Waals surface area (Å²) in [7, 11) is 0. The van der Waals surface area contributed by atoms with Crippen molar-refractivity contribution in [1.29, 1.82) is 5.26 Å². The van der Waals surface area contributed by atoms with Gasteiger partial charge < -0.3 is 0 Å². The number of isocyanates is 1. The Morgan fingerprint density at radius 3 is 3.00 bits per heavy atom. The van der Waals surface area contributed by atoms with Gasteiger partial charge >= 0.3 is 0 Å². The van der Waals surface area contributed by atoms with Crippen molar-refractivity contribution in [2.45, 2.75) is 12.8 Å². The second kappa shape index (κ2) is 4.87. The van der Waals surface area contributed by atoms with Crippen molar-refractivity contribution in [2.24, 2.45) is 4.99 Å². The molecule has 0 aliphatic heterocycles. The number of nitriles is 1. The van der Waals surface area contributed by atoms with Gasteiger partial charge in [0.1, 0.15) is 0 Å². The van der Waals surface area contributed by atoms with E-state index in [1.165, 1.54) is 6.08 Å². The number of benzene rings is 1. The maximum Gasteiger partial charge on any atom is 0.240 e. The lowest BCUT2D eigenvalue weighted by molar-refractivity contribution is 0.565. The molecule has 64 valence electrons. The van der Waals surface area contributed by atoms with E-state index in [0.29, 0.717) is 18.5 Å². The molecule has 1 rings (SSSR count). The summed E-state index contributed by atoms with van der Waals surface area (Å²) >= 11 is 0. The lowest BCUT2D eigenvalue weighted by atomic mass is 10.1. The number of hydrogen-bond acceptors (Lipinski definition) is 3. The summed E-state index contributed by atoms with van der Waals surface area (Å²) in [6.45, 7) is 0. The molecule has 13 heavy (non-hydrogen) atoms. The summed E-state index contributed by atoms with van der Waals surface area (Å²) in [6.07, 6.45) is 2.65. The van der Waals surface area contributed by atoms with E-state index in [9.17, 15) is 4.79 Å². The molecule has 0 saturated carbocycles. The Kier molecular flexibility index (Phi) is 3.44. The zero-order chi connectivity index (χ0) is 9.52. The van der Waals surface area contributed by atoms with Crippen molar-refractivity contribution in [3.05, 3.63) is 29.8 Å². The van der Waals surface area contributed by atoms with Crippen LogP contribution in [0.4, 0.5) is 5.69 Å².